The van der Waals surface area contributed by atoms with Crippen LogP contribution in [-0.4, -0.2) is 16.1 Å². The summed E-state index contributed by atoms with van der Waals surface area (Å²) in [6.45, 7) is 5.50. The maximum absolute atomic E-state index is 10.5. The summed E-state index contributed by atoms with van der Waals surface area (Å²) in [5.41, 5.74) is 1.01. The van der Waals surface area contributed by atoms with Crippen molar-refractivity contribution in [3.05, 3.63) is 23.5 Å². The molecule has 0 heterocycles. The Hall–Kier alpha value is -0.570. The molecule has 4 nitrogen and oxygen atoms in total. The minimum atomic E-state index is -4.07. The summed E-state index contributed by atoms with van der Waals surface area (Å²) >= 11 is 0. The lowest BCUT2D eigenvalue weighted by Gasteiger charge is -2.07. The third-order valence-corrected chi connectivity index (χ3v) is 1.58. The summed E-state index contributed by atoms with van der Waals surface area (Å²) in [5.74, 6) is 0.475. The summed E-state index contributed by atoms with van der Waals surface area (Å²) in [5, 5.41) is 0. The minimum Gasteiger partial charge on any atom is -0.481 e. The Morgan fingerprint density at radius 1 is 1.46 bits per heavy atom. The molecule has 0 aliphatic carbocycles. The number of hydrogen-bond acceptors (Lipinski definition) is 2. The van der Waals surface area contributed by atoms with Crippen molar-refractivity contribution in [2.45, 2.75) is 20.8 Å². The van der Waals surface area contributed by atoms with Gasteiger partial charge in [0.05, 0.1) is 0 Å². The van der Waals surface area contributed by atoms with Crippen LogP contribution in [0.4, 0.5) is 0 Å². The summed E-state index contributed by atoms with van der Waals surface area (Å²) in [6.07, 6.45) is 2.80. The molecule has 0 aromatic heterocycles. The fourth-order valence-electron chi connectivity index (χ4n) is 0.651. The molecule has 5 heteroatoms. The van der Waals surface area contributed by atoms with Gasteiger partial charge in [-0.05, 0) is 32.9 Å². The third kappa shape index (κ3) is 7.78. The van der Waals surface area contributed by atoms with Gasteiger partial charge in [0.2, 0.25) is 0 Å². The Kier molecular flexibility index (Phi) is 4.99. The molecule has 0 fully saturated rings. The molecule has 0 unspecified atom stereocenters. The minimum absolute atomic E-state index is 0.475. The van der Waals surface area contributed by atoms with E-state index in [0.29, 0.717) is 5.76 Å². The van der Waals surface area contributed by atoms with E-state index in [9.17, 15) is 4.57 Å². The average Bonchev–Trinajstić information content (AvgIpc) is 1.95. The van der Waals surface area contributed by atoms with Crippen LogP contribution in [0, 0.1) is 0 Å². The Balaban J connectivity index is 4.19. The van der Waals surface area contributed by atoms with Crippen LogP contribution < -0.4 is 0 Å². The van der Waals surface area contributed by atoms with Gasteiger partial charge in [0.15, 0.2) is 6.35 Å². The Bertz CT molecular complexity index is 257. The van der Waals surface area contributed by atoms with Crippen molar-refractivity contribution >= 4 is 7.60 Å². The lowest BCUT2D eigenvalue weighted by atomic mass is 10.3. The van der Waals surface area contributed by atoms with Crippen molar-refractivity contribution in [3.8, 4) is 0 Å². The summed E-state index contributed by atoms with van der Waals surface area (Å²) < 4.78 is 15.3. The molecule has 0 radical (unpaired) electrons. The van der Waals surface area contributed by atoms with E-state index in [0.717, 1.165) is 5.57 Å². The number of hydrogen-bond donors (Lipinski definition) is 2. The van der Waals surface area contributed by atoms with Crippen LogP contribution in [0.5, 0.6) is 0 Å². The van der Waals surface area contributed by atoms with E-state index in [1.807, 2.05) is 13.8 Å². The highest BCUT2D eigenvalue weighted by atomic mass is 31.2. The van der Waals surface area contributed by atoms with Gasteiger partial charge >= 0.3 is 7.60 Å². The molecule has 0 aliphatic rings. The Labute approximate surface area is 78.1 Å². The largest absolute Gasteiger partial charge is 0.481 e. The van der Waals surface area contributed by atoms with Gasteiger partial charge in [-0.25, -0.2) is 0 Å². The first-order valence-electron chi connectivity index (χ1n) is 3.83. The highest BCUT2D eigenvalue weighted by molar-refractivity contribution is 7.51. The quantitative estimate of drug-likeness (QED) is 0.419. The molecular weight excluding hydrogens is 191 g/mol. The van der Waals surface area contributed by atoms with Gasteiger partial charge in [0, 0.05) is 0 Å². The van der Waals surface area contributed by atoms with Crippen molar-refractivity contribution in [3.63, 3.8) is 0 Å². The van der Waals surface area contributed by atoms with Crippen LogP contribution in [0.3, 0.4) is 0 Å². The van der Waals surface area contributed by atoms with Crippen LogP contribution in [0.2, 0.25) is 0 Å². The second-order valence-corrected chi connectivity index (χ2v) is 4.44. The lowest BCUT2D eigenvalue weighted by Crippen LogP contribution is -1.94. The molecule has 0 saturated heterocycles. The van der Waals surface area contributed by atoms with Gasteiger partial charge in [0.1, 0.15) is 5.76 Å². The predicted molar refractivity (Wildman–Crippen MR) is 51.2 cm³/mol. The normalized spacial score (nSPS) is 12.5. The second-order valence-electron chi connectivity index (χ2n) is 2.85. The zero-order valence-electron chi connectivity index (χ0n) is 8.02. The zero-order valence-corrected chi connectivity index (χ0v) is 8.91. The third-order valence-electron chi connectivity index (χ3n) is 1.11. The molecule has 0 aromatic rings. The molecule has 0 saturated carbocycles. The standard InChI is InChI=1S/C8H15O4P/c1-4-8(5-7(2)3)12-6-13(9,10)11/h4-5H,6H2,1-3H3,(H2,9,10,11). The predicted octanol–water partition coefficient (Wildman–Crippen LogP) is 2.01. The Morgan fingerprint density at radius 3 is 2.31 bits per heavy atom. The van der Waals surface area contributed by atoms with Crippen molar-refractivity contribution in [2.75, 3.05) is 6.35 Å². The molecule has 13 heavy (non-hydrogen) atoms. The average molecular weight is 206 g/mol. The first-order valence-corrected chi connectivity index (χ1v) is 5.63. The molecule has 0 atom stereocenters. The van der Waals surface area contributed by atoms with E-state index < -0.39 is 13.9 Å². The molecule has 0 spiro atoms. The maximum atomic E-state index is 10.5. The van der Waals surface area contributed by atoms with E-state index in [1.54, 1.807) is 19.1 Å². The molecule has 2 N–H and O–H groups in total. The van der Waals surface area contributed by atoms with Gasteiger partial charge in [-0.15, -0.1) is 0 Å². The van der Waals surface area contributed by atoms with Crippen molar-refractivity contribution in [2.24, 2.45) is 0 Å². The molecule has 0 amide bonds. The highest BCUT2D eigenvalue weighted by Crippen LogP contribution is 2.34. The topological polar surface area (TPSA) is 66.8 Å². The monoisotopic (exact) mass is 206 g/mol. The van der Waals surface area contributed by atoms with Gasteiger partial charge in [0.25, 0.3) is 0 Å². The van der Waals surface area contributed by atoms with Crippen molar-refractivity contribution in [1.29, 1.82) is 0 Å². The van der Waals surface area contributed by atoms with E-state index in [-0.39, 0.29) is 0 Å². The summed E-state index contributed by atoms with van der Waals surface area (Å²) in [7, 11) is -4.07. The van der Waals surface area contributed by atoms with Crippen molar-refractivity contribution < 1.29 is 19.1 Å². The van der Waals surface area contributed by atoms with Crippen LogP contribution in [-0.2, 0) is 9.30 Å². The fraction of sp³-hybridized carbons (Fsp3) is 0.500. The first-order chi connectivity index (χ1) is 5.85. The van der Waals surface area contributed by atoms with Crippen LogP contribution in [0.15, 0.2) is 23.5 Å². The molecule has 0 rings (SSSR count). The summed E-state index contributed by atoms with van der Waals surface area (Å²) in [4.78, 5) is 17.1. The number of allylic oxidation sites excluding steroid dienone is 3. The molecule has 0 bridgehead atoms. The smallest absolute Gasteiger partial charge is 0.362 e. The molecule has 0 aliphatic heterocycles. The van der Waals surface area contributed by atoms with Crippen LogP contribution in [0.25, 0.3) is 0 Å². The molecular formula is C8H15O4P. The van der Waals surface area contributed by atoms with Crippen LogP contribution >= 0.6 is 7.60 Å². The van der Waals surface area contributed by atoms with Crippen molar-refractivity contribution in [1.82, 2.24) is 0 Å². The Morgan fingerprint density at radius 2 is 2.00 bits per heavy atom. The SMILES string of the molecule is CC=C(C=C(C)C)OCP(=O)(O)O. The fourth-order valence-corrected chi connectivity index (χ4v) is 0.969. The first kappa shape index (κ1) is 12.4. The van der Waals surface area contributed by atoms with E-state index >= 15 is 0 Å². The van der Waals surface area contributed by atoms with Gasteiger partial charge in [-0.1, -0.05) is 5.57 Å². The number of ether oxygens (including phenoxy) is 1. The van der Waals surface area contributed by atoms with E-state index in [4.69, 9.17) is 14.5 Å². The van der Waals surface area contributed by atoms with Gasteiger partial charge in [-0.2, -0.15) is 0 Å². The lowest BCUT2D eigenvalue weighted by molar-refractivity contribution is 0.238. The van der Waals surface area contributed by atoms with Gasteiger partial charge in [-0.3, -0.25) is 4.57 Å². The van der Waals surface area contributed by atoms with Gasteiger partial charge < -0.3 is 14.5 Å². The molecule has 76 valence electrons. The maximum Gasteiger partial charge on any atom is 0.362 e. The van der Waals surface area contributed by atoms with E-state index in [2.05, 4.69) is 0 Å². The molecule has 0 aromatic carbocycles. The highest BCUT2D eigenvalue weighted by Gasteiger charge is 2.13. The van der Waals surface area contributed by atoms with E-state index in [1.165, 1.54) is 0 Å². The zero-order chi connectivity index (χ0) is 10.5. The van der Waals surface area contributed by atoms with Crippen LogP contribution in [0.1, 0.15) is 20.8 Å². The second kappa shape index (κ2) is 5.22. The summed E-state index contributed by atoms with van der Waals surface area (Å²) in [6, 6.07) is 0. The number of rotatable bonds is 4.